The maximum absolute atomic E-state index is 13.7. The first-order valence-electron chi connectivity index (χ1n) is 7.23. The highest BCUT2D eigenvalue weighted by molar-refractivity contribution is 5.31. The number of alkyl halides is 3. The predicted octanol–water partition coefficient (Wildman–Crippen LogP) is 3.47. The first-order chi connectivity index (χ1) is 11.3. The molecule has 2 aromatic rings. The van der Waals surface area contributed by atoms with Crippen LogP contribution in [0.3, 0.4) is 0 Å². The van der Waals surface area contributed by atoms with Crippen molar-refractivity contribution >= 4 is 0 Å². The quantitative estimate of drug-likeness (QED) is 0.817. The minimum atomic E-state index is -5.09. The first kappa shape index (κ1) is 16.7. The van der Waals surface area contributed by atoms with E-state index in [1.54, 1.807) is 0 Å². The van der Waals surface area contributed by atoms with E-state index in [1.165, 1.54) is 6.07 Å². The van der Waals surface area contributed by atoms with E-state index in [-0.39, 0.29) is 11.5 Å². The Bertz CT molecular complexity index is 773. The van der Waals surface area contributed by atoms with Gasteiger partial charge in [-0.15, -0.1) is 0 Å². The zero-order valence-electron chi connectivity index (χ0n) is 12.2. The molecule has 24 heavy (non-hydrogen) atoms. The van der Waals surface area contributed by atoms with E-state index in [4.69, 9.17) is 4.52 Å². The minimum Gasteiger partial charge on any atom is -0.383 e. The van der Waals surface area contributed by atoms with Crippen molar-refractivity contribution in [2.45, 2.75) is 31.0 Å². The summed E-state index contributed by atoms with van der Waals surface area (Å²) < 4.78 is 70.4. The fourth-order valence-corrected chi connectivity index (χ4v) is 2.99. The van der Waals surface area contributed by atoms with Crippen molar-refractivity contribution in [1.82, 2.24) is 10.5 Å². The van der Waals surface area contributed by atoms with Gasteiger partial charge in [-0.2, -0.15) is 18.3 Å². The molecular weight excluding hydrogens is 335 g/mol. The van der Waals surface area contributed by atoms with E-state index in [0.717, 1.165) is 0 Å². The molecule has 0 radical (unpaired) electrons. The van der Waals surface area contributed by atoms with Gasteiger partial charge in [0.1, 0.15) is 23.0 Å². The summed E-state index contributed by atoms with van der Waals surface area (Å²) in [7, 11) is 0. The number of benzene rings is 1. The van der Waals surface area contributed by atoms with E-state index >= 15 is 0 Å². The summed E-state index contributed by atoms with van der Waals surface area (Å²) in [5.41, 5.74) is -2.21. The summed E-state index contributed by atoms with van der Waals surface area (Å²) in [4.78, 5) is 11.1. The lowest BCUT2D eigenvalue weighted by Gasteiger charge is -2.29. The molecule has 0 aliphatic carbocycles. The fraction of sp³-hybridized carbons (Fsp3) is 0.400. The van der Waals surface area contributed by atoms with Gasteiger partial charge in [0.2, 0.25) is 0 Å². The van der Waals surface area contributed by atoms with Crippen LogP contribution < -0.4 is 10.9 Å². The van der Waals surface area contributed by atoms with Crippen LogP contribution in [0.1, 0.15) is 41.7 Å². The molecule has 0 spiro atoms. The van der Waals surface area contributed by atoms with Crippen LogP contribution in [0.2, 0.25) is 0 Å². The Morgan fingerprint density at radius 1 is 1.12 bits per heavy atom. The molecule has 1 fully saturated rings. The Labute approximate surface area is 132 Å². The van der Waals surface area contributed by atoms with Gasteiger partial charge in [0.25, 0.3) is 5.56 Å². The van der Waals surface area contributed by atoms with Crippen LogP contribution in [0.25, 0.3) is 0 Å². The fourth-order valence-electron chi connectivity index (χ4n) is 2.99. The van der Waals surface area contributed by atoms with Gasteiger partial charge in [-0.05, 0) is 37.1 Å². The third-order valence-electron chi connectivity index (χ3n) is 4.10. The highest BCUT2D eigenvalue weighted by Gasteiger charge is 2.38. The third-order valence-corrected chi connectivity index (χ3v) is 4.10. The Morgan fingerprint density at radius 3 is 2.33 bits per heavy atom. The number of halogens is 5. The molecule has 0 bridgehead atoms. The number of piperidine rings is 1. The van der Waals surface area contributed by atoms with Crippen LogP contribution in [0.15, 0.2) is 27.5 Å². The number of hydrogen-bond acceptors (Lipinski definition) is 3. The van der Waals surface area contributed by atoms with E-state index in [0.29, 0.717) is 37.3 Å². The van der Waals surface area contributed by atoms with Gasteiger partial charge in [0.05, 0.1) is 0 Å². The largest absolute Gasteiger partial charge is 0.422 e. The van der Waals surface area contributed by atoms with Crippen LogP contribution >= 0.6 is 0 Å². The van der Waals surface area contributed by atoms with Crippen molar-refractivity contribution in [2.24, 2.45) is 0 Å². The normalized spacial score (nSPS) is 21.9. The minimum absolute atomic E-state index is 0.0839. The van der Waals surface area contributed by atoms with Crippen LogP contribution in [-0.4, -0.2) is 11.7 Å². The Hall–Kier alpha value is -2.16. The molecule has 1 aliphatic rings. The van der Waals surface area contributed by atoms with Gasteiger partial charge in [0.15, 0.2) is 0 Å². The summed E-state index contributed by atoms with van der Waals surface area (Å²) in [6, 6.07) is 2.13. The monoisotopic (exact) mass is 348 g/mol. The van der Waals surface area contributed by atoms with E-state index in [1.807, 2.05) is 0 Å². The third kappa shape index (κ3) is 3.21. The summed E-state index contributed by atoms with van der Waals surface area (Å²) in [6.45, 7) is 0.467. The Balaban J connectivity index is 1.87. The smallest absolute Gasteiger partial charge is 0.383 e. The molecule has 3 rings (SSSR count). The topological polar surface area (TPSA) is 58.0 Å². The maximum Gasteiger partial charge on any atom is 0.422 e. The molecule has 130 valence electrons. The summed E-state index contributed by atoms with van der Waals surface area (Å²) in [6.07, 6.45) is -4.13. The van der Waals surface area contributed by atoms with Crippen LogP contribution in [-0.2, 0) is 6.18 Å². The maximum atomic E-state index is 13.7. The lowest BCUT2D eigenvalue weighted by Crippen LogP contribution is -2.31. The van der Waals surface area contributed by atoms with Crippen molar-refractivity contribution in [2.75, 3.05) is 6.54 Å². The lowest BCUT2D eigenvalue weighted by atomic mass is 9.87. The molecule has 1 aliphatic heterocycles. The SMILES string of the molecule is O=c1cc([C@@H]2CCN[C@@H](c3cc(F)c(C(F)(F)F)c(F)c3)C2)o[nH]1. The van der Waals surface area contributed by atoms with Crippen molar-refractivity contribution in [1.29, 1.82) is 0 Å². The number of nitrogens with one attached hydrogen (secondary N) is 2. The number of hydrogen-bond donors (Lipinski definition) is 2. The molecule has 0 unspecified atom stereocenters. The second kappa shape index (κ2) is 6.04. The molecule has 0 amide bonds. The van der Waals surface area contributed by atoms with Crippen LogP contribution in [0.5, 0.6) is 0 Å². The molecule has 2 atom stereocenters. The van der Waals surface area contributed by atoms with Crippen LogP contribution in [0, 0.1) is 11.6 Å². The molecular formula is C15H13F5N2O2. The second-order valence-corrected chi connectivity index (χ2v) is 5.70. The molecule has 1 saturated heterocycles. The summed E-state index contributed by atoms with van der Waals surface area (Å²) in [5.74, 6) is -3.05. The molecule has 9 heteroatoms. The number of aromatic nitrogens is 1. The molecule has 1 aromatic heterocycles. The van der Waals surface area contributed by atoms with Crippen molar-refractivity contribution in [3.05, 3.63) is 57.1 Å². The molecule has 1 aromatic carbocycles. The Morgan fingerprint density at radius 2 is 1.79 bits per heavy atom. The van der Waals surface area contributed by atoms with Crippen molar-refractivity contribution < 1.29 is 26.5 Å². The van der Waals surface area contributed by atoms with Gasteiger partial charge in [-0.3, -0.25) is 4.79 Å². The standard InChI is InChI=1S/C15H13F5N2O2/c16-9-3-8(4-10(17)14(9)15(18,19)20)11-5-7(1-2-21-11)12-6-13(23)22-24-12/h3-4,6-7,11,21H,1-2,5H2,(H,22,23)/t7-,11-/m1/s1. The number of rotatable bonds is 2. The molecule has 4 nitrogen and oxygen atoms in total. The number of aromatic amines is 1. The van der Waals surface area contributed by atoms with Gasteiger partial charge in [-0.25, -0.2) is 8.78 Å². The van der Waals surface area contributed by atoms with Gasteiger partial charge in [0, 0.05) is 18.0 Å². The highest BCUT2D eigenvalue weighted by atomic mass is 19.4. The van der Waals surface area contributed by atoms with E-state index in [2.05, 4.69) is 10.5 Å². The highest BCUT2D eigenvalue weighted by Crippen LogP contribution is 2.38. The molecule has 0 saturated carbocycles. The average Bonchev–Trinajstić information content (AvgIpc) is 2.92. The molecule has 2 N–H and O–H groups in total. The summed E-state index contributed by atoms with van der Waals surface area (Å²) in [5, 5.41) is 5.18. The zero-order valence-corrected chi connectivity index (χ0v) is 12.2. The van der Waals surface area contributed by atoms with Gasteiger partial charge in [-0.1, -0.05) is 0 Å². The van der Waals surface area contributed by atoms with Gasteiger partial charge >= 0.3 is 6.18 Å². The predicted molar refractivity (Wildman–Crippen MR) is 73.4 cm³/mol. The van der Waals surface area contributed by atoms with E-state index in [9.17, 15) is 26.7 Å². The van der Waals surface area contributed by atoms with Gasteiger partial charge < -0.3 is 9.84 Å². The molecule has 2 heterocycles. The van der Waals surface area contributed by atoms with Crippen LogP contribution in [0.4, 0.5) is 22.0 Å². The summed E-state index contributed by atoms with van der Waals surface area (Å²) >= 11 is 0. The average molecular weight is 348 g/mol. The Kier molecular flexibility index (Phi) is 4.20. The second-order valence-electron chi connectivity index (χ2n) is 5.70. The van der Waals surface area contributed by atoms with Crippen molar-refractivity contribution in [3.63, 3.8) is 0 Å². The number of H-pyrrole nitrogens is 1. The van der Waals surface area contributed by atoms with Crippen molar-refractivity contribution in [3.8, 4) is 0 Å². The van der Waals surface area contributed by atoms with E-state index < -0.39 is 35.0 Å². The first-order valence-corrected chi connectivity index (χ1v) is 7.23. The lowest BCUT2D eigenvalue weighted by molar-refractivity contribution is -0.142. The zero-order chi connectivity index (χ0) is 17.5.